The van der Waals surface area contributed by atoms with E-state index in [0.29, 0.717) is 34.8 Å². The molecule has 1 heterocycles. The highest BCUT2D eigenvalue weighted by molar-refractivity contribution is 9.10. The maximum absolute atomic E-state index is 6.25. The molecule has 3 rings (SSSR count). The number of nitrogens with zero attached hydrogens (tertiary/aromatic N) is 1. The molecule has 0 unspecified atom stereocenters. The zero-order valence-corrected chi connectivity index (χ0v) is 18.8. The second-order valence-electron chi connectivity index (χ2n) is 6.24. The molecule has 0 aliphatic carbocycles. The van der Waals surface area contributed by atoms with Crippen LogP contribution >= 0.6 is 51.3 Å². The van der Waals surface area contributed by atoms with E-state index in [2.05, 4.69) is 20.8 Å². The fourth-order valence-corrected chi connectivity index (χ4v) is 4.31. The Morgan fingerprint density at radius 1 is 1.15 bits per heavy atom. The average molecular weight is 489 g/mol. The van der Waals surface area contributed by atoms with Crippen molar-refractivity contribution in [3.05, 3.63) is 56.0 Å². The summed E-state index contributed by atoms with van der Waals surface area (Å²) in [5, 5.41) is 1.17. The third-order valence-corrected chi connectivity index (χ3v) is 6.01. The zero-order chi connectivity index (χ0) is 19.4. The fourth-order valence-electron chi connectivity index (χ4n) is 2.99. The van der Waals surface area contributed by atoms with Crippen LogP contribution in [0.5, 0.6) is 11.5 Å². The molecule has 0 N–H and O–H groups in total. The van der Waals surface area contributed by atoms with Gasteiger partial charge in [-0.2, -0.15) is 0 Å². The lowest BCUT2D eigenvalue weighted by atomic mass is 10.2. The van der Waals surface area contributed by atoms with Gasteiger partial charge in [-0.15, -0.1) is 0 Å². The molecule has 1 fully saturated rings. The first-order valence-electron chi connectivity index (χ1n) is 8.82. The van der Waals surface area contributed by atoms with Gasteiger partial charge in [0.15, 0.2) is 11.5 Å². The van der Waals surface area contributed by atoms with E-state index >= 15 is 0 Å². The van der Waals surface area contributed by atoms with Crippen molar-refractivity contribution in [1.82, 2.24) is 4.90 Å². The van der Waals surface area contributed by atoms with Crippen LogP contribution in [0, 0.1) is 0 Å². The molecule has 1 aliphatic rings. The molecule has 144 valence electrons. The topological polar surface area (TPSA) is 21.7 Å². The van der Waals surface area contributed by atoms with Crippen molar-refractivity contribution in [3.8, 4) is 11.5 Å². The molecule has 1 saturated heterocycles. The molecule has 7 heteroatoms. The molecule has 1 aliphatic heterocycles. The lowest BCUT2D eigenvalue weighted by Gasteiger charge is -2.21. The highest BCUT2D eigenvalue weighted by Crippen LogP contribution is 2.38. The Morgan fingerprint density at radius 2 is 1.89 bits per heavy atom. The maximum Gasteiger partial charge on any atom is 0.175 e. The Bertz CT molecular complexity index is 841. The molecule has 2 aromatic rings. The van der Waals surface area contributed by atoms with Gasteiger partial charge in [-0.1, -0.05) is 41.5 Å². The number of halogens is 3. The van der Waals surface area contributed by atoms with Crippen molar-refractivity contribution < 1.29 is 9.47 Å². The lowest BCUT2D eigenvalue weighted by molar-refractivity contribution is 0.267. The number of hydrogen-bond donors (Lipinski definition) is 0. The highest BCUT2D eigenvalue weighted by Gasteiger charge is 2.20. The standard InChI is InChI=1S/C20H20BrCl2NO2S/c1-2-25-18-10-14(20(27)24-7-3-4-8-24)9-16(21)19(18)26-12-13-5-6-15(22)11-17(13)23/h5-6,9-11H,2-4,7-8,12H2,1H3. The van der Waals surface area contributed by atoms with Crippen molar-refractivity contribution in [1.29, 1.82) is 0 Å². The van der Waals surface area contributed by atoms with Gasteiger partial charge in [-0.25, -0.2) is 0 Å². The number of hydrogen-bond acceptors (Lipinski definition) is 3. The molecule has 0 saturated carbocycles. The largest absolute Gasteiger partial charge is 0.490 e. The minimum absolute atomic E-state index is 0.310. The predicted octanol–water partition coefficient (Wildman–Crippen LogP) is 6.50. The van der Waals surface area contributed by atoms with Gasteiger partial charge in [0.2, 0.25) is 0 Å². The van der Waals surface area contributed by atoms with Crippen molar-refractivity contribution >= 4 is 56.3 Å². The number of benzene rings is 2. The molecule has 3 nitrogen and oxygen atoms in total. The van der Waals surface area contributed by atoms with Crippen LogP contribution in [0.2, 0.25) is 10.0 Å². The molecule has 0 radical (unpaired) electrons. The first kappa shape index (κ1) is 20.7. The Labute approximate surface area is 183 Å². The van der Waals surface area contributed by atoms with Gasteiger partial charge in [0.25, 0.3) is 0 Å². The van der Waals surface area contributed by atoms with E-state index in [1.807, 2.05) is 25.1 Å². The first-order chi connectivity index (χ1) is 13.0. The van der Waals surface area contributed by atoms with Crippen LogP contribution in [0.4, 0.5) is 0 Å². The molecule has 27 heavy (non-hydrogen) atoms. The highest BCUT2D eigenvalue weighted by atomic mass is 79.9. The van der Waals surface area contributed by atoms with Crippen LogP contribution < -0.4 is 9.47 Å². The molecule has 0 aromatic heterocycles. The van der Waals surface area contributed by atoms with Crippen molar-refractivity contribution in [3.63, 3.8) is 0 Å². The monoisotopic (exact) mass is 487 g/mol. The average Bonchev–Trinajstić information content (AvgIpc) is 3.16. The fraction of sp³-hybridized carbons (Fsp3) is 0.350. The van der Waals surface area contributed by atoms with Gasteiger partial charge in [0.05, 0.1) is 11.1 Å². The van der Waals surface area contributed by atoms with E-state index in [9.17, 15) is 0 Å². The SMILES string of the molecule is CCOc1cc(C(=S)N2CCCC2)cc(Br)c1OCc1ccc(Cl)cc1Cl. The first-order valence-corrected chi connectivity index (χ1v) is 10.8. The molecule has 0 bridgehead atoms. The minimum Gasteiger partial charge on any atom is -0.490 e. The van der Waals surface area contributed by atoms with Crippen molar-refractivity contribution in [2.24, 2.45) is 0 Å². The molecular weight excluding hydrogens is 469 g/mol. The summed E-state index contributed by atoms with van der Waals surface area (Å²) in [7, 11) is 0. The number of thiocarbonyl (C=S) groups is 1. The van der Waals surface area contributed by atoms with Crippen LogP contribution in [0.25, 0.3) is 0 Å². The normalized spacial score (nSPS) is 13.7. The molecular formula is C20H20BrCl2NO2S. The van der Waals surface area contributed by atoms with E-state index in [1.54, 1.807) is 12.1 Å². The second-order valence-corrected chi connectivity index (χ2v) is 8.33. The number of ether oxygens (including phenoxy) is 2. The van der Waals surface area contributed by atoms with E-state index in [4.69, 9.17) is 44.9 Å². The van der Waals surface area contributed by atoms with Gasteiger partial charge in [0.1, 0.15) is 11.6 Å². The van der Waals surface area contributed by atoms with Gasteiger partial charge >= 0.3 is 0 Å². The quantitative estimate of drug-likeness (QED) is 0.432. The second kappa shape index (κ2) is 9.46. The molecule has 0 atom stereocenters. The number of likely N-dealkylation sites (tertiary alicyclic amines) is 1. The van der Waals surface area contributed by atoms with Crippen molar-refractivity contribution in [2.75, 3.05) is 19.7 Å². The van der Waals surface area contributed by atoms with Gasteiger partial charge < -0.3 is 14.4 Å². The summed E-state index contributed by atoms with van der Waals surface area (Å²) in [6.45, 7) is 4.80. The van der Waals surface area contributed by atoms with Crippen LogP contribution in [0.1, 0.15) is 30.9 Å². The van der Waals surface area contributed by atoms with Crippen LogP contribution in [0.15, 0.2) is 34.8 Å². The van der Waals surface area contributed by atoms with Crippen LogP contribution in [0.3, 0.4) is 0 Å². The summed E-state index contributed by atoms with van der Waals surface area (Å²) in [4.78, 5) is 3.09. The van der Waals surface area contributed by atoms with Gasteiger partial charge in [-0.3, -0.25) is 0 Å². The van der Waals surface area contributed by atoms with Gasteiger partial charge in [-0.05, 0) is 60.0 Å². The van der Waals surface area contributed by atoms with E-state index in [0.717, 1.165) is 33.7 Å². The smallest absolute Gasteiger partial charge is 0.175 e. The zero-order valence-electron chi connectivity index (χ0n) is 14.9. The van der Waals surface area contributed by atoms with Crippen LogP contribution in [-0.4, -0.2) is 29.6 Å². The third-order valence-electron chi connectivity index (χ3n) is 4.34. The van der Waals surface area contributed by atoms with E-state index in [-0.39, 0.29) is 0 Å². The summed E-state index contributed by atoms with van der Waals surface area (Å²) in [6, 6.07) is 9.30. The van der Waals surface area contributed by atoms with E-state index in [1.165, 1.54) is 12.8 Å². The Kier molecular flexibility index (Phi) is 7.26. The summed E-state index contributed by atoms with van der Waals surface area (Å²) >= 11 is 21.5. The lowest BCUT2D eigenvalue weighted by Crippen LogP contribution is -2.26. The maximum atomic E-state index is 6.25. The van der Waals surface area contributed by atoms with Gasteiger partial charge in [0, 0.05) is 34.3 Å². The van der Waals surface area contributed by atoms with Crippen LogP contribution in [-0.2, 0) is 6.61 Å². The Morgan fingerprint density at radius 3 is 2.56 bits per heavy atom. The summed E-state index contributed by atoms with van der Waals surface area (Å²) < 4.78 is 12.7. The van der Waals surface area contributed by atoms with E-state index < -0.39 is 0 Å². The molecule has 0 amide bonds. The number of rotatable bonds is 6. The van der Waals surface area contributed by atoms with Crippen molar-refractivity contribution in [2.45, 2.75) is 26.4 Å². The summed E-state index contributed by atoms with van der Waals surface area (Å²) in [5.41, 5.74) is 1.81. The Hall–Kier alpha value is -1.01. The minimum atomic E-state index is 0.310. The molecule has 0 spiro atoms. The summed E-state index contributed by atoms with van der Waals surface area (Å²) in [6.07, 6.45) is 2.37. The summed E-state index contributed by atoms with van der Waals surface area (Å²) in [5.74, 6) is 1.30. The molecule has 2 aromatic carbocycles. The Balaban J connectivity index is 1.84. The third kappa shape index (κ3) is 5.08. The predicted molar refractivity (Wildman–Crippen MR) is 119 cm³/mol.